The molecule has 0 aliphatic rings. The molecule has 1 rings (SSSR count). The van der Waals surface area contributed by atoms with Crippen molar-refractivity contribution in [2.24, 2.45) is 0 Å². The fraction of sp³-hybridized carbons (Fsp3) is 0.786. The van der Waals surface area contributed by atoms with Gasteiger partial charge in [0.25, 0.3) is 9.05 Å². The molecule has 0 bridgehead atoms. The summed E-state index contributed by atoms with van der Waals surface area (Å²) in [4.78, 5) is 4.32. The van der Waals surface area contributed by atoms with E-state index in [2.05, 4.69) is 38.8 Å². The fourth-order valence-electron chi connectivity index (χ4n) is 1.69. The second-order valence-corrected chi connectivity index (χ2v) is 16.2. The maximum absolute atomic E-state index is 11.9. The molecule has 1 aromatic rings. The summed E-state index contributed by atoms with van der Waals surface area (Å²) in [5.74, 6) is 0. The zero-order valence-electron chi connectivity index (χ0n) is 14.9. The van der Waals surface area contributed by atoms with Crippen LogP contribution >= 0.6 is 22.0 Å². The van der Waals surface area contributed by atoms with Gasteiger partial charge in [0.05, 0.1) is 11.8 Å². The molecule has 0 aromatic carbocycles. The molecule has 0 fully saturated rings. The highest BCUT2D eigenvalue weighted by atomic mass is 35.7. The lowest BCUT2D eigenvalue weighted by Crippen LogP contribution is -2.41. The van der Waals surface area contributed by atoms with Gasteiger partial charge in [0, 0.05) is 10.7 Å². The molecule has 0 aliphatic carbocycles. The third-order valence-corrected chi connectivity index (χ3v) is 12.1. The lowest BCUT2D eigenvalue weighted by atomic mass is 10.1. The van der Waals surface area contributed by atoms with Crippen LogP contribution < -0.4 is 0 Å². The highest BCUT2D eigenvalue weighted by Gasteiger charge is 2.40. The monoisotopic (exact) mass is 399 g/mol. The minimum absolute atomic E-state index is 0.0175. The Hall–Kier alpha value is 0.00688. The van der Waals surface area contributed by atoms with Crippen LogP contribution in [0.5, 0.6) is 0 Å². The van der Waals surface area contributed by atoms with Crippen LogP contribution in [0.1, 0.15) is 58.3 Å². The van der Waals surface area contributed by atoms with E-state index in [0.29, 0.717) is 5.01 Å². The molecule has 0 saturated heterocycles. The Morgan fingerprint density at radius 1 is 1.26 bits per heavy atom. The molecule has 9 heteroatoms. The van der Waals surface area contributed by atoms with Crippen molar-refractivity contribution >= 4 is 39.4 Å². The summed E-state index contributed by atoms with van der Waals surface area (Å²) in [7, 11) is -0.513. The first-order chi connectivity index (χ1) is 9.97. The summed E-state index contributed by atoms with van der Waals surface area (Å²) in [6.07, 6.45) is -0.522. The van der Waals surface area contributed by atoms with Crippen molar-refractivity contribution in [3.63, 3.8) is 0 Å². The molecule has 0 saturated carbocycles. The second-order valence-electron chi connectivity index (χ2n) is 7.71. The van der Waals surface area contributed by atoms with Crippen LogP contribution in [-0.4, -0.2) is 26.8 Å². The largest absolute Gasteiger partial charge is 0.409 e. The van der Waals surface area contributed by atoms with Crippen molar-refractivity contribution in [2.45, 2.75) is 75.6 Å². The van der Waals surface area contributed by atoms with Gasteiger partial charge in [0.1, 0.15) is 10.6 Å². The van der Waals surface area contributed by atoms with Gasteiger partial charge in [-0.1, -0.05) is 20.8 Å². The third kappa shape index (κ3) is 4.99. The summed E-state index contributed by atoms with van der Waals surface area (Å²) in [6, 6.07) is 0. The standard InChI is InChI=1S/C14H26ClNO4S2Si/c1-9(20-23(7,8)13(2,3)4)10-11(22(15,18)19)21-12(16-10)14(5,6)17/h9,17H,1-8H3. The zero-order chi connectivity index (χ0) is 18.4. The van der Waals surface area contributed by atoms with Crippen LogP contribution in [0.25, 0.3) is 0 Å². The van der Waals surface area contributed by atoms with E-state index in [1.807, 2.05) is 0 Å². The number of rotatable bonds is 5. The number of aliphatic hydroxyl groups is 1. The van der Waals surface area contributed by atoms with Gasteiger partial charge >= 0.3 is 0 Å². The first kappa shape index (κ1) is 21.1. The van der Waals surface area contributed by atoms with E-state index in [4.69, 9.17) is 15.1 Å². The van der Waals surface area contributed by atoms with E-state index >= 15 is 0 Å². The van der Waals surface area contributed by atoms with E-state index < -0.39 is 29.1 Å². The smallest absolute Gasteiger partial charge is 0.272 e. The zero-order valence-corrected chi connectivity index (χ0v) is 18.3. The third-order valence-electron chi connectivity index (χ3n) is 4.03. The summed E-state index contributed by atoms with van der Waals surface area (Å²) < 4.78 is 29.9. The van der Waals surface area contributed by atoms with Gasteiger partial charge in [-0.25, -0.2) is 13.4 Å². The average Bonchev–Trinajstić information content (AvgIpc) is 2.69. The Balaban J connectivity index is 3.34. The van der Waals surface area contributed by atoms with Crippen molar-refractivity contribution in [3.05, 3.63) is 10.7 Å². The van der Waals surface area contributed by atoms with Crippen molar-refractivity contribution in [1.82, 2.24) is 4.98 Å². The van der Waals surface area contributed by atoms with Crippen LogP contribution in [0.4, 0.5) is 0 Å². The minimum Gasteiger partial charge on any atom is -0.409 e. The molecule has 0 radical (unpaired) electrons. The number of aromatic nitrogens is 1. The van der Waals surface area contributed by atoms with Crippen LogP contribution in [0.2, 0.25) is 18.1 Å². The highest BCUT2D eigenvalue weighted by molar-refractivity contribution is 8.15. The first-order valence-electron chi connectivity index (χ1n) is 7.33. The fourth-order valence-corrected chi connectivity index (χ4v) is 5.54. The van der Waals surface area contributed by atoms with Gasteiger partial charge in [0.15, 0.2) is 12.5 Å². The highest BCUT2D eigenvalue weighted by Crippen LogP contribution is 2.42. The predicted molar refractivity (Wildman–Crippen MR) is 97.1 cm³/mol. The normalized spacial score (nSPS) is 15.7. The molecular formula is C14H26ClNO4S2Si. The van der Waals surface area contributed by atoms with E-state index in [1.165, 1.54) is 0 Å². The molecule has 1 unspecified atom stereocenters. The summed E-state index contributed by atoms with van der Waals surface area (Å²) in [5.41, 5.74) is -0.970. The molecule has 1 atom stereocenters. The van der Waals surface area contributed by atoms with Crippen molar-refractivity contribution in [3.8, 4) is 0 Å². The quantitative estimate of drug-likeness (QED) is 0.587. The SMILES string of the molecule is CC(O[Si](C)(C)C(C)(C)C)c1nc(C(C)(C)O)sc1S(=O)(=O)Cl. The van der Waals surface area contributed by atoms with Gasteiger partial charge in [-0.05, 0) is 38.9 Å². The van der Waals surface area contributed by atoms with Gasteiger partial charge in [-0.15, -0.1) is 11.3 Å². The van der Waals surface area contributed by atoms with Crippen molar-refractivity contribution in [1.29, 1.82) is 0 Å². The Kier molecular flexibility index (Phi) is 5.84. The van der Waals surface area contributed by atoms with Gasteiger partial charge < -0.3 is 9.53 Å². The first-order valence-corrected chi connectivity index (χ1v) is 13.4. The molecule has 0 aliphatic heterocycles. The average molecular weight is 400 g/mol. The minimum atomic E-state index is -3.96. The van der Waals surface area contributed by atoms with Crippen LogP contribution in [-0.2, 0) is 19.1 Å². The molecular weight excluding hydrogens is 374 g/mol. The molecule has 134 valence electrons. The predicted octanol–water partition coefficient (Wildman–Crippen LogP) is 4.38. The molecule has 1 aromatic heterocycles. The van der Waals surface area contributed by atoms with Crippen molar-refractivity contribution in [2.75, 3.05) is 0 Å². The number of thiazole rings is 1. The van der Waals surface area contributed by atoms with Gasteiger partial charge in [0.2, 0.25) is 0 Å². The lowest BCUT2D eigenvalue weighted by molar-refractivity contribution is 0.0776. The Morgan fingerprint density at radius 3 is 2.09 bits per heavy atom. The van der Waals surface area contributed by atoms with Crippen molar-refractivity contribution < 1.29 is 18.0 Å². The van der Waals surface area contributed by atoms with E-state index in [0.717, 1.165) is 11.3 Å². The van der Waals surface area contributed by atoms with Gasteiger partial charge in [-0.2, -0.15) is 0 Å². The summed E-state index contributed by atoms with van der Waals surface area (Å²) in [5, 5.41) is 10.4. The maximum Gasteiger partial charge on any atom is 0.272 e. The number of halogens is 1. The number of hydrogen-bond acceptors (Lipinski definition) is 6. The summed E-state index contributed by atoms with van der Waals surface area (Å²) in [6.45, 7) is 15.4. The summed E-state index contributed by atoms with van der Waals surface area (Å²) >= 11 is 0.890. The molecule has 1 heterocycles. The van der Waals surface area contributed by atoms with E-state index in [-0.39, 0.29) is 14.9 Å². The molecule has 5 nitrogen and oxygen atoms in total. The topological polar surface area (TPSA) is 76.5 Å². The van der Waals surface area contributed by atoms with E-state index in [9.17, 15) is 13.5 Å². The number of hydrogen-bond donors (Lipinski definition) is 1. The molecule has 1 N–H and O–H groups in total. The van der Waals surface area contributed by atoms with E-state index in [1.54, 1.807) is 20.8 Å². The number of nitrogens with zero attached hydrogens (tertiary/aromatic N) is 1. The second kappa shape index (κ2) is 6.38. The van der Waals surface area contributed by atoms with Crippen LogP contribution in [0.3, 0.4) is 0 Å². The Morgan fingerprint density at radius 2 is 1.74 bits per heavy atom. The van der Waals surface area contributed by atoms with Crippen LogP contribution in [0, 0.1) is 0 Å². The molecule has 23 heavy (non-hydrogen) atoms. The van der Waals surface area contributed by atoms with Gasteiger partial charge in [-0.3, -0.25) is 0 Å². The Bertz CT molecular complexity index is 672. The molecule has 0 amide bonds. The lowest BCUT2D eigenvalue weighted by Gasteiger charge is -2.38. The molecule has 0 spiro atoms. The Labute approximate surface area is 148 Å². The maximum atomic E-state index is 11.9. The van der Waals surface area contributed by atoms with Crippen LogP contribution in [0.15, 0.2) is 4.21 Å².